The molecule has 0 saturated carbocycles. The van der Waals surface area contributed by atoms with Crippen molar-refractivity contribution in [3.8, 4) is 0 Å². The zero-order chi connectivity index (χ0) is 8.08. The summed E-state index contributed by atoms with van der Waals surface area (Å²) in [6.45, 7) is 0. The standard InChI is InChI=1S/CH2O3.Mg.H3N.H2O4S.2H/c2-1(3)4;;;1-5(2,3)4;;/h(H2,2,3,4);;1H3;(H2,1,2,3,4);;/q;+2;;;2*-1. The van der Waals surface area contributed by atoms with Gasteiger partial charge in [0.15, 0.2) is 0 Å². The first kappa shape index (κ1) is 22.4. The molecule has 0 unspecified atom stereocenters. The van der Waals surface area contributed by atoms with Gasteiger partial charge < -0.3 is 19.2 Å². The summed E-state index contributed by atoms with van der Waals surface area (Å²) in [5, 5.41) is 13.9. The molecule has 0 rings (SSSR count). The molecule has 0 aliphatic heterocycles. The Hall–Kier alpha value is -0.134. The van der Waals surface area contributed by atoms with Crippen LogP contribution in [0.15, 0.2) is 0 Å². The minimum atomic E-state index is -4.67. The van der Waals surface area contributed by atoms with Crippen molar-refractivity contribution < 1.29 is 35.4 Å². The van der Waals surface area contributed by atoms with Crippen molar-refractivity contribution in [2.75, 3.05) is 0 Å². The van der Waals surface area contributed by atoms with E-state index in [1.165, 1.54) is 0 Å². The van der Waals surface area contributed by atoms with E-state index in [0.717, 1.165) is 0 Å². The van der Waals surface area contributed by atoms with Gasteiger partial charge in [-0.25, -0.2) is 4.79 Å². The van der Waals surface area contributed by atoms with Crippen LogP contribution in [0.3, 0.4) is 0 Å². The van der Waals surface area contributed by atoms with Gasteiger partial charge in [0, 0.05) is 0 Å². The fourth-order valence-corrected chi connectivity index (χ4v) is 0. The Labute approximate surface area is 81.5 Å². The average Bonchev–Trinajstić information content (AvgIpc) is 1.19. The van der Waals surface area contributed by atoms with E-state index in [1.54, 1.807) is 0 Å². The van der Waals surface area contributed by atoms with Crippen LogP contribution in [0.5, 0.6) is 0 Å². The van der Waals surface area contributed by atoms with E-state index in [2.05, 4.69) is 0 Å². The van der Waals surface area contributed by atoms with E-state index < -0.39 is 16.6 Å². The monoisotopic (exact) mass is 203 g/mol. The first-order chi connectivity index (χ1) is 3.73. The summed E-state index contributed by atoms with van der Waals surface area (Å²) in [4.78, 5) is 8.56. The topological polar surface area (TPSA) is 167 Å². The molecule has 0 heterocycles. The molecule has 0 saturated heterocycles. The van der Waals surface area contributed by atoms with Crippen LogP contribution in [-0.4, -0.2) is 56.9 Å². The molecule has 0 amide bonds. The molecule has 0 atom stereocenters. The Kier molecular flexibility index (Phi) is 20.1. The summed E-state index contributed by atoms with van der Waals surface area (Å²) in [6.07, 6.45) is -1.83. The molecule has 8 nitrogen and oxygen atoms in total. The van der Waals surface area contributed by atoms with Gasteiger partial charge in [0.25, 0.3) is 0 Å². The quantitative estimate of drug-likeness (QED) is 0.261. The van der Waals surface area contributed by atoms with Crippen LogP contribution in [0.2, 0.25) is 0 Å². The van der Waals surface area contributed by atoms with Gasteiger partial charge in [0.05, 0.1) is 0 Å². The van der Waals surface area contributed by atoms with E-state index >= 15 is 0 Å². The van der Waals surface area contributed by atoms with E-state index in [1.807, 2.05) is 0 Å². The first-order valence-electron chi connectivity index (χ1n) is 1.35. The third-order valence-electron chi connectivity index (χ3n) is 0. The normalized spacial score (nSPS) is 7.45. The van der Waals surface area contributed by atoms with Gasteiger partial charge >= 0.3 is 39.6 Å². The molecule has 10 heteroatoms. The summed E-state index contributed by atoms with van der Waals surface area (Å²) >= 11 is 0. The van der Waals surface area contributed by atoms with E-state index in [4.69, 9.17) is 32.5 Å². The van der Waals surface area contributed by atoms with Crippen LogP contribution in [0, 0.1) is 0 Å². The fourth-order valence-electron chi connectivity index (χ4n) is 0. The number of hydrogen-bond donors (Lipinski definition) is 5. The minimum Gasteiger partial charge on any atom is -1.00 e. The average molecular weight is 203 g/mol. The smallest absolute Gasteiger partial charge is 1.00 e. The van der Waals surface area contributed by atoms with Crippen LogP contribution < -0.4 is 6.15 Å². The summed E-state index contributed by atoms with van der Waals surface area (Å²) in [5.41, 5.74) is 0. The number of carbonyl (C=O) groups is 1. The van der Waals surface area contributed by atoms with Crippen molar-refractivity contribution in [3.63, 3.8) is 0 Å². The second kappa shape index (κ2) is 9.87. The maximum absolute atomic E-state index is 8.74. The number of carboxylic acid groups (broad SMARTS) is 2. The van der Waals surface area contributed by atoms with Crippen molar-refractivity contribution in [3.05, 3.63) is 0 Å². The second-order valence-electron chi connectivity index (χ2n) is 0.730. The summed E-state index contributed by atoms with van der Waals surface area (Å²) in [5.74, 6) is 0. The van der Waals surface area contributed by atoms with Crippen molar-refractivity contribution in [1.82, 2.24) is 6.15 Å². The third kappa shape index (κ3) is 34100. The van der Waals surface area contributed by atoms with Gasteiger partial charge in [0.1, 0.15) is 0 Å². The summed E-state index contributed by atoms with van der Waals surface area (Å²) in [7, 11) is -4.67. The molecule has 0 fully saturated rings. The molecule has 0 radical (unpaired) electrons. The molecule has 0 spiro atoms. The molecule has 0 aromatic heterocycles. The molecular formula is CH9MgNO7S. The molecule has 68 valence electrons. The van der Waals surface area contributed by atoms with Crippen molar-refractivity contribution >= 4 is 39.6 Å². The summed E-state index contributed by atoms with van der Waals surface area (Å²) in [6, 6.07) is 0. The SMILES string of the molecule is N.O=C(O)O.O=S(=O)(O)O.[H-].[H-].[Mg+2]. The molecule has 11 heavy (non-hydrogen) atoms. The van der Waals surface area contributed by atoms with Gasteiger partial charge in [0.2, 0.25) is 0 Å². The van der Waals surface area contributed by atoms with Crippen LogP contribution in [0.4, 0.5) is 4.79 Å². The Balaban J connectivity index is -0.0000000146. The van der Waals surface area contributed by atoms with Gasteiger partial charge in [-0.3, -0.25) is 9.11 Å². The largest absolute Gasteiger partial charge is 2.00 e. The predicted octanol–water partition coefficient (Wildman–Crippen LogP) is -0.424. The van der Waals surface area contributed by atoms with Crippen molar-refractivity contribution in [2.45, 2.75) is 0 Å². The third-order valence-corrected chi connectivity index (χ3v) is 0. The predicted molar refractivity (Wildman–Crippen MR) is 37.8 cm³/mol. The van der Waals surface area contributed by atoms with Gasteiger partial charge in [-0.15, -0.1) is 0 Å². The van der Waals surface area contributed by atoms with E-state index in [0.29, 0.717) is 0 Å². The molecule has 7 N–H and O–H groups in total. The maximum atomic E-state index is 8.74. The zero-order valence-electron chi connectivity index (χ0n) is 7.34. The van der Waals surface area contributed by atoms with Crippen LogP contribution in [0.1, 0.15) is 2.85 Å². The maximum Gasteiger partial charge on any atom is 2.00 e. The number of hydrogen-bond acceptors (Lipinski definition) is 4. The van der Waals surface area contributed by atoms with Gasteiger partial charge in [-0.2, -0.15) is 8.42 Å². The van der Waals surface area contributed by atoms with E-state index in [-0.39, 0.29) is 32.1 Å². The van der Waals surface area contributed by atoms with Gasteiger partial charge in [-0.1, -0.05) is 0 Å². The zero-order valence-corrected chi connectivity index (χ0v) is 7.57. The molecule has 0 bridgehead atoms. The molecule has 0 aromatic rings. The van der Waals surface area contributed by atoms with Crippen molar-refractivity contribution in [2.24, 2.45) is 0 Å². The fraction of sp³-hybridized carbons (Fsp3) is 0. The Morgan fingerprint density at radius 2 is 1.18 bits per heavy atom. The van der Waals surface area contributed by atoms with E-state index in [9.17, 15) is 0 Å². The summed E-state index contributed by atoms with van der Waals surface area (Å²) < 4.78 is 31.6. The molecule has 0 aliphatic carbocycles. The van der Waals surface area contributed by atoms with Gasteiger partial charge in [-0.05, 0) is 0 Å². The Bertz CT molecular complexity index is 169. The van der Waals surface area contributed by atoms with Crippen LogP contribution in [0.25, 0.3) is 0 Å². The van der Waals surface area contributed by atoms with Crippen LogP contribution >= 0.6 is 0 Å². The molecule has 0 aliphatic rings. The van der Waals surface area contributed by atoms with Crippen molar-refractivity contribution in [1.29, 1.82) is 0 Å². The minimum absolute atomic E-state index is 0. The molecule has 0 aromatic carbocycles. The Morgan fingerprint density at radius 3 is 1.18 bits per heavy atom. The second-order valence-corrected chi connectivity index (χ2v) is 1.63. The Morgan fingerprint density at radius 1 is 1.18 bits per heavy atom. The molecular weight excluding hydrogens is 194 g/mol. The first-order valence-corrected chi connectivity index (χ1v) is 2.75. The van der Waals surface area contributed by atoms with Crippen LogP contribution in [-0.2, 0) is 10.4 Å². The number of rotatable bonds is 0.